The maximum atomic E-state index is 11.4. The van der Waals surface area contributed by atoms with Gasteiger partial charge in [0.1, 0.15) is 5.75 Å². The third kappa shape index (κ3) is 3.42. The first-order valence-electron chi connectivity index (χ1n) is 5.76. The van der Waals surface area contributed by atoms with E-state index in [-0.39, 0.29) is 5.91 Å². The Labute approximate surface area is 115 Å². The molecular formula is C14H14N2O2S. The van der Waals surface area contributed by atoms with Gasteiger partial charge in [-0.2, -0.15) is 0 Å². The summed E-state index contributed by atoms with van der Waals surface area (Å²) in [7, 11) is 1.63. The third-order valence-corrected chi connectivity index (χ3v) is 3.18. The molecule has 0 unspecified atom stereocenters. The zero-order chi connectivity index (χ0) is 13.7. The van der Waals surface area contributed by atoms with E-state index in [1.807, 2.05) is 29.6 Å². The van der Waals surface area contributed by atoms with Gasteiger partial charge in [0.15, 0.2) is 5.13 Å². The SMILES string of the molecule is C/C=C/C(=O)Nc1nc(-c2cccc(OC)c2)cs1. The number of aromatic nitrogens is 1. The number of hydrogen-bond acceptors (Lipinski definition) is 4. The van der Waals surface area contributed by atoms with Gasteiger partial charge in [-0.3, -0.25) is 10.1 Å². The minimum absolute atomic E-state index is 0.172. The molecular weight excluding hydrogens is 260 g/mol. The first-order chi connectivity index (χ1) is 9.22. The molecule has 0 spiro atoms. The Balaban J connectivity index is 2.18. The minimum Gasteiger partial charge on any atom is -0.497 e. The van der Waals surface area contributed by atoms with Gasteiger partial charge in [-0.15, -0.1) is 11.3 Å². The molecule has 0 saturated heterocycles. The van der Waals surface area contributed by atoms with Crippen molar-refractivity contribution in [3.8, 4) is 17.0 Å². The zero-order valence-corrected chi connectivity index (χ0v) is 11.5. The predicted molar refractivity (Wildman–Crippen MR) is 77.5 cm³/mol. The highest BCUT2D eigenvalue weighted by Gasteiger charge is 2.06. The molecule has 4 nitrogen and oxygen atoms in total. The van der Waals surface area contributed by atoms with Crippen LogP contribution in [0.15, 0.2) is 41.8 Å². The zero-order valence-electron chi connectivity index (χ0n) is 10.7. The summed E-state index contributed by atoms with van der Waals surface area (Å²) in [4.78, 5) is 15.8. The van der Waals surface area contributed by atoms with E-state index < -0.39 is 0 Å². The fraction of sp³-hybridized carbons (Fsp3) is 0.143. The summed E-state index contributed by atoms with van der Waals surface area (Å²) in [6, 6.07) is 7.65. The Morgan fingerprint density at radius 1 is 1.47 bits per heavy atom. The Kier molecular flexibility index (Phi) is 4.30. The number of nitrogens with one attached hydrogen (secondary N) is 1. The topological polar surface area (TPSA) is 51.2 Å². The van der Waals surface area contributed by atoms with Gasteiger partial charge in [0.05, 0.1) is 12.8 Å². The molecule has 0 aliphatic rings. The molecule has 0 atom stereocenters. The highest BCUT2D eigenvalue weighted by Crippen LogP contribution is 2.27. The highest BCUT2D eigenvalue weighted by atomic mass is 32.1. The monoisotopic (exact) mass is 274 g/mol. The van der Waals surface area contributed by atoms with Gasteiger partial charge in [0, 0.05) is 10.9 Å². The van der Waals surface area contributed by atoms with Crippen LogP contribution in [0, 0.1) is 0 Å². The van der Waals surface area contributed by atoms with E-state index in [1.165, 1.54) is 17.4 Å². The van der Waals surface area contributed by atoms with Crippen LogP contribution in [0.1, 0.15) is 6.92 Å². The summed E-state index contributed by atoms with van der Waals surface area (Å²) in [5, 5.41) is 5.20. The number of allylic oxidation sites excluding steroid dienone is 1. The highest BCUT2D eigenvalue weighted by molar-refractivity contribution is 7.14. The standard InChI is InChI=1S/C14H14N2O2S/c1-3-5-13(17)16-14-15-12(9-19-14)10-6-4-7-11(8-10)18-2/h3-9H,1-2H3,(H,15,16,17)/b5-3+. The Bertz CT molecular complexity index is 605. The number of ether oxygens (including phenoxy) is 1. The van der Waals surface area contributed by atoms with Crippen molar-refractivity contribution >= 4 is 22.4 Å². The van der Waals surface area contributed by atoms with Crippen molar-refractivity contribution in [2.75, 3.05) is 12.4 Å². The third-order valence-electron chi connectivity index (χ3n) is 2.42. The lowest BCUT2D eigenvalue weighted by atomic mass is 10.2. The summed E-state index contributed by atoms with van der Waals surface area (Å²) in [6.07, 6.45) is 3.15. The van der Waals surface area contributed by atoms with E-state index in [9.17, 15) is 4.79 Å². The van der Waals surface area contributed by atoms with Crippen molar-refractivity contribution in [1.29, 1.82) is 0 Å². The number of nitrogens with zero attached hydrogens (tertiary/aromatic N) is 1. The summed E-state index contributed by atoms with van der Waals surface area (Å²) in [5.41, 5.74) is 1.78. The van der Waals surface area contributed by atoms with Crippen LogP contribution in [0.25, 0.3) is 11.3 Å². The van der Waals surface area contributed by atoms with Crippen LogP contribution in [0.4, 0.5) is 5.13 Å². The van der Waals surface area contributed by atoms with Crippen LogP contribution >= 0.6 is 11.3 Å². The number of methoxy groups -OCH3 is 1. The molecule has 0 aliphatic heterocycles. The van der Waals surface area contributed by atoms with Crippen LogP contribution in [-0.2, 0) is 4.79 Å². The summed E-state index contributed by atoms with van der Waals surface area (Å²) >= 11 is 1.39. The van der Waals surface area contributed by atoms with Crippen molar-refractivity contribution in [2.45, 2.75) is 6.92 Å². The van der Waals surface area contributed by atoms with Gasteiger partial charge in [-0.25, -0.2) is 4.98 Å². The average molecular weight is 274 g/mol. The molecule has 0 fully saturated rings. The smallest absolute Gasteiger partial charge is 0.249 e. The van der Waals surface area contributed by atoms with Crippen LogP contribution in [0.3, 0.4) is 0 Å². The number of rotatable bonds is 4. The molecule has 2 aromatic rings. The van der Waals surface area contributed by atoms with Crippen LogP contribution in [-0.4, -0.2) is 18.0 Å². The van der Waals surface area contributed by atoms with E-state index in [0.29, 0.717) is 5.13 Å². The fourth-order valence-electron chi connectivity index (χ4n) is 1.54. The summed E-state index contributed by atoms with van der Waals surface area (Å²) < 4.78 is 5.18. The Hall–Kier alpha value is -2.14. The van der Waals surface area contributed by atoms with Crippen molar-refractivity contribution in [2.24, 2.45) is 0 Å². The van der Waals surface area contributed by atoms with E-state index >= 15 is 0 Å². The van der Waals surface area contributed by atoms with Gasteiger partial charge < -0.3 is 4.74 Å². The minimum atomic E-state index is -0.172. The van der Waals surface area contributed by atoms with Crippen molar-refractivity contribution in [3.63, 3.8) is 0 Å². The van der Waals surface area contributed by atoms with Crippen molar-refractivity contribution < 1.29 is 9.53 Å². The van der Waals surface area contributed by atoms with Gasteiger partial charge in [0.25, 0.3) is 0 Å². The number of thiazole rings is 1. The maximum Gasteiger partial charge on any atom is 0.249 e. The first-order valence-corrected chi connectivity index (χ1v) is 6.64. The lowest BCUT2D eigenvalue weighted by Gasteiger charge is -2.01. The molecule has 1 aromatic heterocycles. The second-order valence-corrected chi connectivity index (χ2v) is 4.62. The number of anilines is 1. The van der Waals surface area contributed by atoms with Gasteiger partial charge in [-0.05, 0) is 25.1 Å². The number of carbonyl (C=O) groups is 1. The second kappa shape index (κ2) is 6.15. The number of amides is 1. The quantitative estimate of drug-likeness (QED) is 0.870. The summed E-state index contributed by atoms with van der Waals surface area (Å²) in [6.45, 7) is 1.79. The lowest BCUT2D eigenvalue weighted by Crippen LogP contribution is -2.07. The Morgan fingerprint density at radius 3 is 3.05 bits per heavy atom. The van der Waals surface area contributed by atoms with Crippen molar-refractivity contribution in [3.05, 3.63) is 41.8 Å². The molecule has 1 N–H and O–H groups in total. The van der Waals surface area contributed by atoms with Crippen LogP contribution in [0.2, 0.25) is 0 Å². The van der Waals surface area contributed by atoms with Crippen LogP contribution < -0.4 is 10.1 Å². The molecule has 1 heterocycles. The molecule has 19 heavy (non-hydrogen) atoms. The number of carbonyl (C=O) groups excluding carboxylic acids is 1. The predicted octanol–water partition coefficient (Wildman–Crippen LogP) is 3.33. The first kappa shape index (κ1) is 13.3. The molecule has 98 valence electrons. The molecule has 1 aromatic carbocycles. The number of hydrogen-bond donors (Lipinski definition) is 1. The largest absolute Gasteiger partial charge is 0.497 e. The van der Waals surface area contributed by atoms with E-state index in [4.69, 9.17) is 4.74 Å². The summed E-state index contributed by atoms with van der Waals surface area (Å²) in [5.74, 6) is 0.610. The fourth-order valence-corrected chi connectivity index (χ4v) is 2.27. The molecule has 0 aliphatic carbocycles. The van der Waals surface area contributed by atoms with Gasteiger partial charge >= 0.3 is 0 Å². The molecule has 1 amide bonds. The van der Waals surface area contributed by atoms with E-state index in [2.05, 4.69) is 10.3 Å². The molecule has 0 saturated carbocycles. The second-order valence-electron chi connectivity index (χ2n) is 3.76. The lowest BCUT2D eigenvalue weighted by molar-refractivity contribution is -0.111. The molecule has 0 radical (unpaired) electrons. The van der Waals surface area contributed by atoms with E-state index in [1.54, 1.807) is 20.1 Å². The number of benzene rings is 1. The molecule has 5 heteroatoms. The molecule has 2 rings (SSSR count). The molecule has 0 bridgehead atoms. The maximum absolute atomic E-state index is 11.4. The Morgan fingerprint density at radius 2 is 2.32 bits per heavy atom. The van der Waals surface area contributed by atoms with Gasteiger partial charge in [0.2, 0.25) is 5.91 Å². The van der Waals surface area contributed by atoms with E-state index in [0.717, 1.165) is 17.0 Å². The average Bonchev–Trinajstić information content (AvgIpc) is 2.87. The van der Waals surface area contributed by atoms with Crippen molar-refractivity contribution in [1.82, 2.24) is 4.98 Å². The van der Waals surface area contributed by atoms with Crippen LogP contribution in [0.5, 0.6) is 5.75 Å². The van der Waals surface area contributed by atoms with Gasteiger partial charge in [-0.1, -0.05) is 18.2 Å². The normalized spacial score (nSPS) is 10.6.